The molecule has 4 nitrogen and oxygen atoms in total. The van der Waals surface area contributed by atoms with Crippen molar-refractivity contribution in [1.29, 1.82) is 0 Å². The van der Waals surface area contributed by atoms with Crippen LogP contribution < -0.4 is 5.73 Å². The highest BCUT2D eigenvalue weighted by Crippen LogP contribution is 2.26. The van der Waals surface area contributed by atoms with Crippen LogP contribution in [0, 0.1) is 5.82 Å². The summed E-state index contributed by atoms with van der Waals surface area (Å²) in [5.41, 5.74) is 5.67. The molecule has 0 aromatic heterocycles. The van der Waals surface area contributed by atoms with E-state index in [1.165, 1.54) is 6.07 Å². The average molecular weight is 240 g/mol. The van der Waals surface area contributed by atoms with E-state index < -0.39 is 5.82 Å². The van der Waals surface area contributed by atoms with Gasteiger partial charge in [-0.15, -0.1) is 0 Å². The highest BCUT2D eigenvalue weighted by atomic mass is 19.1. The summed E-state index contributed by atoms with van der Waals surface area (Å²) < 4.78 is 13.3. The van der Waals surface area contributed by atoms with Crippen molar-refractivity contribution in [2.24, 2.45) is 5.73 Å². The maximum Gasteiger partial charge on any atom is 0.167 e. The summed E-state index contributed by atoms with van der Waals surface area (Å²) in [6, 6.07) is 2.28. The minimum atomic E-state index is -0.528. The van der Waals surface area contributed by atoms with Gasteiger partial charge in [-0.1, -0.05) is 0 Å². The molecule has 94 valence electrons. The van der Waals surface area contributed by atoms with Crippen LogP contribution in [0.1, 0.15) is 22.3 Å². The van der Waals surface area contributed by atoms with Crippen LogP contribution in [0.2, 0.25) is 0 Å². The zero-order chi connectivity index (χ0) is 13.0. The molecule has 0 heterocycles. The summed E-state index contributed by atoms with van der Waals surface area (Å²) in [5.74, 6) is -1.02. The number of aromatic hydroxyl groups is 1. The van der Waals surface area contributed by atoms with Gasteiger partial charge < -0.3 is 15.7 Å². The molecule has 0 atom stereocenters. The van der Waals surface area contributed by atoms with Crippen LogP contribution in [0.15, 0.2) is 12.1 Å². The third kappa shape index (κ3) is 3.51. The van der Waals surface area contributed by atoms with Crippen molar-refractivity contribution >= 4 is 5.78 Å². The number of hydrogen-bond donors (Lipinski definition) is 2. The van der Waals surface area contributed by atoms with Gasteiger partial charge in [-0.3, -0.25) is 4.79 Å². The van der Waals surface area contributed by atoms with Crippen LogP contribution in [0.25, 0.3) is 0 Å². The van der Waals surface area contributed by atoms with E-state index in [0.717, 1.165) is 6.07 Å². The summed E-state index contributed by atoms with van der Waals surface area (Å²) >= 11 is 0. The molecule has 3 N–H and O–H groups in total. The van der Waals surface area contributed by atoms with Gasteiger partial charge in [0.2, 0.25) is 0 Å². The molecule has 0 bridgehead atoms. The molecule has 0 fully saturated rings. The number of phenolic OH excluding ortho intramolecular Hbond substituents is 1. The molecule has 0 saturated carbocycles. The Morgan fingerprint density at radius 1 is 1.47 bits per heavy atom. The van der Waals surface area contributed by atoms with Crippen LogP contribution in [-0.4, -0.2) is 36.4 Å². The van der Waals surface area contributed by atoms with Gasteiger partial charge in [0.05, 0.1) is 5.56 Å². The lowest BCUT2D eigenvalue weighted by atomic mass is 10.0. The number of Topliss-reactive ketones (excluding diaryl/α,β-unsaturated/α-hetero) is 1. The van der Waals surface area contributed by atoms with Crippen LogP contribution in [-0.2, 0) is 6.54 Å². The first-order valence-corrected chi connectivity index (χ1v) is 5.35. The van der Waals surface area contributed by atoms with E-state index >= 15 is 0 Å². The van der Waals surface area contributed by atoms with E-state index in [0.29, 0.717) is 12.1 Å². The summed E-state index contributed by atoms with van der Waals surface area (Å²) in [6.45, 7) is 0.546. The number of hydrogen-bond acceptors (Lipinski definition) is 4. The van der Waals surface area contributed by atoms with Gasteiger partial charge in [-0.05, 0) is 32.8 Å². The molecule has 0 aliphatic carbocycles. The number of benzene rings is 1. The molecule has 5 heteroatoms. The van der Waals surface area contributed by atoms with Gasteiger partial charge in [-0.25, -0.2) is 4.39 Å². The third-order valence-corrected chi connectivity index (χ3v) is 2.31. The topological polar surface area (TPSA) is 66.6 Å². The molecule has 0 amide bonds. The Labute approximate surface area is 99.8 Å². The van der Waals surface area contributed by atoms with Crippen molar-refractivity contribution in [3.05, 3.63) is 29.1 Å². The quantitative estimate of drug-likeness (QED) is 0.757. The molecule has 0 unspecified atom stereocenters. The standard InChI is InChI=1S/C12H17FN2O2/c1-15(2)7-8-5-9(13)6-10(12(8)17)11(16)3-4-14/h5-6,17H,3-4,7,14H2,1-2H3. The molecule has 0 saturated heterocycles. The maximum absolute atomic E-state index is 13.3. The third-order valence-electron chi connectivity index (χ3n) is 2.31. The summed E-state index contributed by atoms with van der Waals surface area (Å²) in [4.78, 5) is 13.4. The minimum Gasteiger partial charge on any atom is -0.507 e. The molecule has 1 aromatic carbocycles. The van der Waals surface area contributed by atoms with Crippen molar-refractivity contribution < 1.29 is 14.3 Å². The summed E-state index contributed by atoms with van der Waals surface area (Å²) in [7, 11) is 3.59. The summed E-state index contributed by atoms with van der Waals surface area (Å²) in [5, 5.41) is 9.90. The van der Waals surface area contributed by atoms with Crippen molar-refractivity contribution in [2.75, 3.05) is 20.6 Å². The molecule has 17 heavy (non-hydrogen) atoms. The van der Waals surface area contributed by atoms with Crippen molar-refractivity contribution in [3.8, 4) is 5.75 Å². The molecule has 1 rings (SSSR count). The van der Waals surface area contributed by atoms with Crippen LogP contribution >= 0.6 is 0 Å². The molecule has 0 radical (unpaired) electrons. The second kappa shape index (κ2) is 5.75. The fourth-order valence-corrected chi connectivity index (χ4v) is 1.60. The molecule has 0 aliphatic rings. The summed E-state index contributed by atoms with van der Waals surface area (Å²) in [6.07, 6.45) is 0.0957. The van der Waals surface area contributed by atoms with Gasteiger partial charge in [-0.2, -0.15) is 0 Å². The lowest BCUT2D eigenvalue weighted by Crippen LogP contribution is -2.13. The van der Waals surface area contributed by atoms with Gasteiger partial charge in [0.1, 0.15) is 11.6 Å². The largest absolute Gasteiger partial charge is 0.507 e. The molecule has 0 aliphatic heterocycles. The maximum atomic E-state index is 13.3. The van der Waals surface area contributed by atoms with Crippen molar-refractivity contribution in [1.82, 2.24) is 4.90 Å². The number of nitrogens with two attached hydrogens (primary N) is 1. The van der Waals surface area contributed by atoms with Gasteiger partial charge in [0.25, 0.3) is 0 Å². The Morgan fingerprint density at radius 3 is 2.65 bits per heavy atom. The Morgan fingerprint density at radius 2 is 2.12 bits per heavy atom. The number of phenols is 1. The SMILES string of the molecule is CN(C)Cc1cc(F)cc(C(=O)CCN)c1O. The van der Waals surface area contributed by atoms with Crippen molar-refractivity contribution in [2.45, 2.75) is 13.0 Å². The van der Waals surface area contributed by atoms with Crippen molar-refractivity contribution in [3.63, 3.8) is 0 Å². The second-order valence-electron chi connectivity index (χ2n) is 4.16. The first-order valence-electron chi connectivity index (χ1n) is 5.35. The Bertz CT molecular complexity index is 419. The van der Waals surface area contributed by atoms with Gasteiger partial charge >= 0.3 is 0 Å². The fraction of sp³-hybridized carbons (Fsp3) is 0.417. The minimum absolute atomic E-state index is 0.00676. The lowest BCUT2D eigenvalue weighted by molar-refractivity contribution is 0.0982. The van der Waals surface area contributed by atoms with E-state index in [4.69, 9.17) is 5.73 Å². The van der Waals surface area contributed by atoms with Crippen LogP contribution in [0.5, 0.6) is 5.75 Å². The molecular formula is C12H17FN2O2. The fourth-order valence-electron chi connectivity index (χ4n) is 1.60. The molecular weight excluding hydrogens is 223 g/mol. The molecule has 0 spiro atoms. The number of rotatable bonds is 5. The number of carbonyl (C=O) groups is 1. The smallest absolute Gasteiger partial charge is 0.167 e. The zero-order valence-electron chi connectivity index (χ0n) is 10.0. The van der Waals surface area contributed by atoms with Crippen LogP contribution in [0.4, 0.5) is 4.39 Å². The number of nitrogens with zero attached hydrogens (tertiary/aromatic N) is 1. The zero-order valence-corrected chi connectivity index (χ0v) is 10.0. The molecule has 1 aromatic rings. The Balaban J connectivity index is 3.13. The van der Waals surface area contributed by atoms with Gasteiger partial charge in [0, 0.05) is 18.5 Å². The van der Waals surface area contributed by atoms with E-state index in [1.807, 2.05) is 0 Å². The normalized spacial score (nSPS) is 10.9. The predicted octanol–water partition coefficient (Wildman–Crippen LogP) is 1.12. The van der Waals surface area contributed by atoms with E-state index in [9.17, 15) is 14.3 Å². The predicted molar refractivity (Wildman–Crippen MR) is 63.5 cm³/mol. The van der Waals surface area contributed by atoms with Gasteiger partial charge in [0.15, 0.2) is 5.78 Å². The Hall–Kier alpha value is -1.46. The highest BCUT2D eigenvalue weighted by molar-refractivity contribution is 5.99. The van der Waals surface area contributed by atoms with Crippen LogP contribution in [0.3, 0.4) is 0 Å². The second-order valence-corrected chi connectivity index (χ2v) is 4.16. The highest BCUT2D eigenvalue weighted by Gasteiger charge is 2.16. The Kier molecular flexibility index (Phi) is 4.60. The number of carbonyl (C=O) groups excluding carboxylic acids is 1. The van der Waals surface area contributed by atoms with E-state index in [2.05, 4.69) is 0 Å². The number of ketones is 1. The average Bonchev–Trinajstić information content (AvgIpc) is 2.22. The first-order chi connectivity index (χ1) is 7.95. The first kappa shape index (κ1) is 13.6. The monoisotopic (exact) mass is 240 g/mol. The van der Waals surface area contributed by atoms with E-state index in [-0.39, 0.29) is 30.1 Å². The van der Waals surface area contributed by atoms with E-state index in [1.54, 1.807) is 19.0 Å². The number of halogens is 1. The lowest BCUT2D eigenvalue weighted by Gasteiger charge is -2.13.